The number of hydrogen-bond donors (Lipinski definition) is 0. The predicted octanol–water partition coefficient (Wildman–Crippen LogP) is 3.66. The maximum Gasteiger partial charge on any atom is 0.274 e. The third kappa shape index (κ3) is 2.00. The minimum absolute atomic E-state index is 0.155. The van der Waals surface area contributed by atoms with E-state index in [1.54, 1.807) is 16.7 Å². The second kappa shape index (κ2) is 4.76. The van der Waals surface area contributed by atoms with Gasteiger partial charge in [-0.3, -0.25) is 9.36 Å². The van der Waals surface area contributed by atoms with Gasteiger partial charge in [-0.2, -0.15) is 0 Å². The molecular weight excluding hydrogens is 272 g/mol. The molecule has 0 saturated heterocycles. The molecule has 3 nitrogen and oxygen atoms in total. The van der Waals surface area contributed by atoms with Gasteiger partial charge in [0.05, 0.1) is 22.9 Å². The summed E-state index contributed by atoms with van der Waals surface area (Å²) in [4.78, 5) is 16.5. The molecule has 100 valence electrons. The topological polar surface area (TPSA) is 34.9 Å². The Hall–Kier alpha value is -2.13. The molecule has 1 heterocycles. The van der Waals surface area contributed by atoms with Gasteiger partial charge in [0.15, 0.2) is 0 Å². The van der Waals surface area contributed by atoms with E-state index < -0.39 is 0 Å². The Balaban J connectivity index is 2.50. The SMILES string of the molecule is Cc1cccc(C)c1-n1c(=O)cnc2ccc(Cl)cc21. The standard InChI is InChI=1S/C16H13ClN2O/c1-10-4-3-5-11(2)16(10)19-14-8-12(17)6-7-13(14)18-9-15(19)20/h3-9H,1-2H3. The van der Waals surface area contributed by atoms with Gasteiger partial charge in [0, 0.05) is 5.02 Å². The largest absolute Gasteiger partial charge is 0.274 e. The number of para-hydroxylation sites is 1. The van der Waals surface area contributed by atoms with Crippen LogP contribution in [0.3, 0.4) is 0 Å². The van der Waals surface area contributed by atoms with Crippen molar-refractivity contribution >= 4 is 22.6 Å². The number of rotatable bonds is 1. The van der Waals surface area contributed by atoms with Gasteiger partial charge in [0.1, 0.15) is 0 Å². The van der Waals surface area contributed by atoms with Crippen molar-refractivity contribution in [2.75, 3.05) is 0 Å². The van der Waals surface area contributed by atoms with Crippen LogP contribution in [-0.2, 0) is 0 Å². The lowest BCUT2D eigenvalue weighted by Crippen LogP contribution is -2.20. The normalized spacial score (nSPS) is 10.9. The lowest BCUT2D eigenvalue weighted by atomic mass is 10.1. The van der Waals surface area contributed by atoms with Crippen molar-refractivity contribution in [3.05, 3.63) is 69.1 Å². The monoisotopic (exact) mass is 284 g/mol. The Morgan fingerprint density at radius 2 is 1.80 bits per heavy atom. The first kappa shape index (κ1) is 12.9. The maximum atomic E-state index is 12.3. The van der Waals surface area contributed by atoms with E-state index in [9.17, 15) is 4.79 Å². The summed E-state index contributed by atoms with van der Waals surface area (Å²) in [7, 11) is 0. The highest BCUT2D eigenvalue weighted by Crippen LogP contribution is 2.23. The molecule has 1 aromatic heterocycles. The van der Waals surface area contributed by atoms with Crippen LogP contribution in [0, 0.1) is 13.8 Å². The van der Waals surface area contributed by atoms with Crippen molar-refractivity contribution in [3.8, 4) is 5.69 Å². The molecule has 20 heavy (non-hydrogen) atoms. The number of halogens is 1. The Morgan fingerprint density at radius 3 is 2.50 bits per heavy atom. The molecular formula is C16H13ClN2O. The van der Waals surface area contributed by atoms with E-state index >= 15 is 0 Å². The number of nitrogens with zero attached hydrogens (tertiary/aromatic N) is 2. The Labute approximate surface area is 121 Å². The summed E-state index contributed by atoms with van der Waals surface area (Å²) in [6, 6.07) is 11.3. The number of fused-ring (bicyclic) bond motifs is 1. The minimum atomic E-state index is -0.155. The van der Waals surface area contributed by atoms with Crippen LogP contribution in [0.1, 0.15) is 11.1 Å². The molecule has 4 heteroatoms. The van der Waals surface area contributed by atoms with Gasteiger partial charge in [-0.15, -0.1) is 0 Å². The third-order valence-corrected chi connectivity index (χ3v) is 3.61. The van der Waals surface area contributed by atoms with Gasteiger partial charge < -0.3 is 0 Å². The molecule has 0 aliphatic rings. The van der Waals surface area contributed by atoms with Crippen molar-refractivity contribution in [1.29, 1.82) is 0 Å². The van der Waals surface area contributed by atoms with Gasteiger partial charge >= 0.3 is 0 Å². The Bertz CT molecular complexity index is 848. The molecule has 2 aromatic carbocycles. The van der Waals surface area contributed by atoms with Crippen LogP contribution >= 0.6 is 11.6 Å². The molecule has 0 aliphatic heterocycles. The molecule has 0 unspecified atom stereocenters. The minimum Gasteiger partial charge on any atom is -0.273 e. The van der Waals surface area contributed by atoms with E-state index in [0.717, 1.165) is 27.8 Å². The molecule has 0 atom stereocenters. The van der Waals surface area contributed by atoms with E-state index in [0.29, 0.717) is 5.02 Å². The number of aromatic nitrogens is 2. The van der Waals surface area contributed by atoms with Crippen LogP contribution in [-0.4, -0.2) is 9.55 Å². The van der Waals surface area contributed by atoms with Crippen molar-refractivity contribution in [2.45, 2.75) is 13.8 Å². The van der Waals surface area contributed by atoms with Crippen molar-refractivity contribution in [1.82, 2.24) is 9.55 Å². The number of hydrogen-bond acceptors (Lipinski definition) is 2. The zero-order chi connectivity index (χ0) is 14.3. The average molecular weight is 285 g/mol. The molecule has 0 bridgehead atoms. The number of aryl methyl sites for hydroxylation is 2. The summed E-state index contributed by atoms with van der Waals surface area (Å²) in [6.45, 7) is 3.98. The van der Waals surface area contributed by atoms with E-state index in [1.807, 2.05) is 38.1 Å². The fraction of sp³-hybridized carbons (Fsp3) is 0.125. The summed E-state index contributed by atoms with van der Waals surface area (Å²) in [5.74, 6) is 0. The molecule has 0 saturated carbocycles. The van der Waals surface area contributed by atoms with Gasteiger partial charge in [0.25, 0.3) is 5.56 Å². The summed E-state index contributed by atoms with van der Waals surface area (Å²) in [6.07, 6.45) is 1.35. The second-order valence-electron chi connectivity index (χ2n) is 4.81. The van der Waals surface area contributed by atoms with Crippen LogP contribution in [0.4, 0.5) is 0 Å². The fourth-order valence-corrected chi connectivity index (χ4v) is 2.64. The summed E-state index contributed by atoms with van der Waals surface area (Å²) in [5, 5.41) is 0.588. The Kier molecular flexibility index (Phi) is 3.07. The van der Waals surface area contributed by atoms with E-state index in [4.69, 9.17) is 11.6 Å². The zero-order valence-corrected chi connectivity index (χ0v) is 12.0. The Morgan fingerprint density at radius 1 is 1.10 bits per heavy atom. The van der Waals surface area contributed by atoms with E-state index in [2.05, 4.69) is 4.98 Å². The highest BCUT2D eigenvalue weighted by atomic mass is 35.5. The summed E-state index contributed by atoms with van der Waals surface area (Å²) < 4.78 is 1.68. The molecule has 0 radical (unpaired) electrons. The first-order valence-electron chi connectivity index (χ1n) is 6.32. The van der Waals surface area contributed by atoms with Gasteiger partial charge in [-0.25, -0.2) is 4.98 Å². The molecule has 3 aromatic rings. The van der Waals surface area contributed by atoms with E-state index in [1.165, 1.54) is 6.20 Å². The summed E-state index contributed by atoms with van der Waals surface area (Å²) in [5.41, 5.74) is 4.29. The molecule has 0 amide bonds. The quantitative estimate of drug-likeness (QED) is 0.683. The molecule has 0 fully saturated rings. The molecule has 0 N–H and O–H groups in total. The average Bonchev–Trinajstić information content (AvgIpc) is 2.41. The third-order valence-electron chi connectivity index (χ3n) is 3.38. The van der Waals surface area contributed by atoms with Crippen LogP contribution in [0.15, 0.2) is 47.4 Å². The van der Waals surface area contributed by atoms with Crippen molar-refractivity contribution < 1.29 is 0 Å². The zero-order valence-electron chi connectivity index (χ0n) is 11.2. The molecule has 0 aliphatic carbocycles. The smallest absolute Gasteiger partial charge is 0.273 e. The van der Waals surface area contributed by atoms with E-state index in [-0.39, 0.29) is 5.56 Å². The van der Waals surface area contributed by atoms with Gasteiger partial charge in [-0.05, 0) is 43.2 Å². The van der Waals surface area contributed by atoms with Crippen LogP contribution in [0.25, 0.3) is 16.7 Å². The van der Waals surface area contributed by atoms with Crippen LogP contribution in [0.2, 0.25) is 5.02 Å². The van der Waals surface area contributed by atoms with Crippen molar-refractivity contribution in [2.24, 2.45) is 0 Å². The summed E-state index contributed by atoms with van der Waals surface area (Å²) >= 11 is 6.07. The molecule has 0 spiro atoms. The maximum absolute atomic E-state index is 12.3. The highest BCUT2D eigenvalue weighted by molar-refractivity contribution is 6.31. The molecule has 3 rings (SSSR count). The van der Waals surface area contributed by atoms with Crippen LogP contribution in [0.5, 0.6) is 0 Å². The first-order valence-corrected chi connectivity index (χ1v) is 6.69. The predicted molar refractivity (Wildman–Crippen MR) is 81.8 cm³/mol. The highest BCUT2D eigenvalue weighted by Gasteiger charge is 2.11. The van der Waals surface area contributed by atoms with Crippen molar-refractivity contribution in [3.63, 3.8) is 0 Å². The number of benzene rings is 2. The first-order chi connectivity index (χ1) is 9.58. The second-order valence-corrected chi connectivity index (χ2v) is 5.24. The fourth-order valence-electron chi connectivity index (χ4n) is 2.48. The lowest BCUT2D eigenvalue weighted by Gasteiger charge is -2.15. The lowest BCUT2D eigenvalue weighted by molar-refractivity contribution is 0.991. The van der Waals surface area contributed by atoms with Crippen LogP contribution < -0.4 is 5.56 Å². The van der Waals surface area contributed by atoms with Gasteiger partial charge in [-0.1, -0.05) is 29.8 Å². The van der Waals surface area contributed by atoms with Gasteiger partial charge in [0.2, 0.25) is 0 Å².